The molecular formula is C18H25N5O. The largest absolute Gasteiger partial charge is 0.350 e. The van der Waals surface area contributed by atoms with Gasteiger partial charge in [0.15, 0.2) is 0 Å². The van der Waals surface area contributed by atoms with Gasteiger partial charge in [-0.1, -0.05) is 30.3 Å². The molecule has 1 saturated heterocycles. The number of nitrogens with one attached hydrogen (secondary N) is 2. The molecular weight excluding hydrogens is 302 g/mol. The number of carbonyl (C=O) groups is 1. The molecule has 2 unspecified atom stereocenters. The Hall–Kier alpha value is -2.18. The quantitative estimate of drug-likeness (QED) is 0.833. The van der Waals surface area contributed by atoms with Crippen molar-refractivity contribution in [3.63, 3.8) is 0 Å². The van der Waals surface area contributed by atoms with Gasteiger partial charge < -0.3 is 10.6 Å². The maximum absolute atomic E-state index is 12.6. The highest BCUT2D eigenvalue weighted by Crippen LogP contribution is 2.16. The van der Waals surface area contributed by atoms with E-state index >= 15 is 0 Å². The summed E-state index contributed by atoms with van der Waals surface area (Å²) in [5.74, 6) is 0.0112. The Morgan fingerprint density at radius 2 is 2.17 bits per heavy atom. The lowest BCUT2D eigenvalue weighted by Crippen LogP contribution is -2.43. The van der Waals surface area contributed by atoms with E-state index in [4.69, 9.17) is 0 Å². The number of likely N-dealkylation sites (N-methyl/N-ethyl adjacent to an activating group) is 1. The summed E-state index contributed by atoms with van der Waals surface area (Å²) in [7, 11) is 3.65. The molecule has 1 aromatic heterocycles. The van der Waals surface area contributed by atoms with Crippen LogP contribution in [0.4, 0.5) is 0 Å². The fraction of sp³-hybridized carbons (Fsp3) is 0.444. The first kappa shape index (κ1) is 16.7. The van der Waals surface area contributed by atoms with Crippen molar-refractivity contribution in [2.45, 2.75) is 25.0 Å². The van der Waals surface area contributed by atoms with Crippen LogP contribution in [0.3, 0.4) is 0 Å². The fourth-order valence-electron chi connectivity index (χ4n) is 3.26. The fourth-order valence-corrected chi connectivity index (χ4v) is 3.26. The Labute approximate surface area is 142 Å². The molecule has 24 heavy (non-hydrogen) atoms. The number of rotatable bonds is 6. The number of benzene rings is 1. The summed E-state index contributed by atoms with van der Waals surface area (Å²) < 4.78 is 1.71. The summed E-state index contributed by atoms with van der Waals surface area (Å²) >= 11 is 0. The molecule has 1 aliphatic rings. The van der Waals surface area contributed by atoms with Crippen LogP contribution in [-0.4, -0.2) is 46.8 Å². The molecule has 2 atom stereocenters. The van der Waals surface area contributed by atoms with Crippen LogP contribution in [0.1, 0.15) is 23.6 Å². The zero-order chi connectivity index (χ0) is 16.9. The van der Waals surface area contributed by atoms with Crippen LogP contribution in [0, 0.1) is 0 Å². The lowest BCUT2D eigenvalue weighted by molar-refractivity contribution is -0.123. The number of aromatic nitrogens is 2. The van der Waals surface area contributed by atoms with Crippen molar-refractivity contribution < 1.29 is 4.79 Å². The third kappa shape index (κ3) is 4.01. The van der Waals surface area contributed by atoms with Crippen molar-refractivity contribution in [2.24, 2.45) is 7.05 Å². The summed E-state index contributed by atoms with van der Waals surface area (Å²) in [4.78, 5) is 15.0. The predicted octanol–water partition coefficient (Wildman–Crippen LogP) is 1.07. The van der Waals surface area contributed by atoms with E-state index in [0.29, 0.717) is 0 Å². The molecule has 1 amide bonds. The van der Waals surface area contributed by atoms with Crippen LogP contribution < -0.4 is 10.6 Å². The van der Waals surface area contributed by atoms with E-state index in [1.807, 2.05) is 19.3 Å². The summed E-state index contributed by atoms with van der Waals surface area (Å²) in [6, 6.07) is 10.3. The van der Waals surface area contributed by atoms with Crippen molar-refractivity contribution in [3.8, 4) is 0 Å². The summed E-state index contributed by atoms with van der Waals surface area (Å²) in [5.41, 5.74) is 2.20. The first-order valence-corrected chi connectivity index (χ1v) is 8.38. The van der Waals surface area contributed by atoms with Crippen LogP contribution >= 0.6 is 0 Å². The Kier molecular flexibility index (Phi) is 5.27. The number of amides is 1. The zero-order valence-electron chi connectivity index (χ0n) is 14.3. The van der Waals surface area contributed by atoms with Crippen molar-refractivity contribution in [3.05, 3.63) is 53.9 Å². The second-order valence-electron chi connectivity index (χ2n) is 6.38. The number of nitrogens with zero attached hydrogens (tertiary/aromatic N) is 3. The highest BCUT2D eigenvalue weighted by molar-refractivity contribution is 5.83. The Bertz CT molecular complexity index is 669. The van der Waals surface area contributed by atoms with E-state index in [9.17, 15) is 4.79 Å². The van der Waals surface area contributed by atoms with Crippen LogP contribution in [-0.2, 0) is 18.4 Å². The van der Waals surface area contributed by atoms with Gasteiger partial charge in [0.2, 0.25) is 5.91 Å². The van der Waals surface area contributed by atoms with Crippen molar-refractivity contribution in [1.82, 2.24) is 25.3 Å². The molecule has 1 fully saturated rings. The first-order valence-electron chi connectivity index (χ1n) is 8.38. The Morgan fingerprint density at radius 3 is 2.83 bits per heavy atom. The van der Waals surface area contributed by atoms with Gasteiger partial charge in [-0.2, -0.15) is 5.10 Å². The Balaban J connectivity index is 1.53. The van der Waals surface area contributed by atoms with E-state index in [-0.39, 0.29) is 18.0 Å². The van der Waals surface area contributed by atoms with Gasteiger partial charge >= 0.3 is 0 Å². The van der Waals surface area contributed by atoms with Gasteiger partial charge in [0, 0.05) is 44.5 Å². The molecule has 128 valence electrons. The molecule has 0 spiro atoms. The van der Waals surface area contributed by atoms with E-state index in [1.54, 1.807) is 17.9 Å². The van der Waals surface area contributed by atoms with E-state index in [0.717, 1.165) is 31.6 Å². The smallest absolute Gasteiger partial charge is 0.242 e. The third-order valence-corrected chi connectivity index (χ3v) is 4.48. The molecule has 0 bridgehead atoms. The van der Waals surface area contributed by atoms with Gasteiger partial charge in [-0.25, -0.2) is 0 Å². The highest BCUT2D eigenvalue weighted by atomic mass is 16.2. The highest BCUT2D eigenvalue weighted by Gasteiger charge is 2.27. The standard InChI is InChI=1S/C18H25N5O/c1-19-17(15-10-20-22(2)12-15)18(24)21-16-8-9-23(13-16)11-14-6-4-3-5-7-14/h3-7,10,12,16-17,19H,8-9,11,13H2,1-2H3,(H,21,24). The second-order valence-corrected chi connectivity index (χ2v) is 6.38. The minimum Gasteiger partial charge on any atom is -0.350 e. The Morgan fingerprint density at radius 1 is 1.38 bits per heavy atom. The normalized spacial score (nSPS) is 19.3. The number of likely N-dealkylation sites (tertiary alicyclic amines) is 1. The summed E-state index contributed by atoms with van der Waals surface area (Å²) in [5, 5.41) is 10.4. The van der Waals surface area contributed by atoms with Crippen LogP contribution in [0.2, 0.25) is 0 Å². The topological polar surface area (TPSA) is 62.2 Å². The van der Waals surface area contributed by atoms with Crippen molar-refractivity contribution >= 4 is 5.91 Å². The van der Waals surface area contributed by atoms with E-state index < -0.39 is 0 Å². The van der Waals surface area contributed by atoms with Crippen LogP contribution in [0.25, 0.3) is 0 Å². The molecule has 2 heterocycles. The number of aryl methyl sites for hydroxylation is 1. The average molecular weight is 327 g/mol. The van der Waals surface area contributed by atoms with Crippen molar-refractivity contribution in [1.29, 1.82) is 0 Å². The van der Waals surface area contributed by atoms with Gasteiger partial charge in [0.25, 0.3) is 0 Å². The molecule has 0 aliphatic carbocycles. The minimum atomic E-state index is -0.359. The predicted molar refractivity (Wildman–Crippen MR) is 93.3 cm³/mol. The molecule has 6 heteroatoms. The third-order valence-electron chi connectivity index (χ3n) is 4.48. The van der Waals surface area contributed by atoms with Gasteiger partial charge in [-0.3, -0.25) is 14.4 Å². The maximum atomic E-state index is 12.6. The lowest BCUT2D eigenvalue weighted by Gasteiger charge is -2.19. The molecule has 0 radical (unpaired) electrons. The summed E-state index contributed by atoms with van der Waals surface area (Å²) in [6.07, 6.45) is 4.59. The minimum absolute atomic E-state index is 0.0112. The number of hydrogen-bond acceptors (Lipinski definition) is 4. The van der Waals surface area contributed by atoms with Crippen LogP contribution in [0.5, 0.6) is 0 Å². The molecule has 1 aromatic carbocycles. The summed E-state index contributed by atoms with van der Waals surface area (Å²) in [6.45, 7) is 2.84. The van der Waals surface area contributed by atoms with Gasteiger partial charge in [0.05, 0.1) is 6.20 Å². The number of hydrogen-bond donors (Lipinski definition) is 2. The average Bonchev–Trinajstić information content (AvgIpc) is 3.18. The molecule has 0 saturated carbocycles. The maximum Gasteiger partial charge on any atom is 0.242 e. The SMILES string of the molecule is CNC(C(=O)NC1CCN(Cc2ccccc2)C1)c1cnn(C)c1. The van der Waals surface area contributed by atoms with E-state index in [1.165, 1.54) is 5.56 Å². The van der Waals surface area contributed by atoms with Crippen LogP contribution in [0.15, 0.2) is 42.7 Å². The number of carbonyl (C=O) groups excluding carboxylic acids is 1. The molecule has 2 N–H and O–H groups in total. The molecule has 3 rings (SSSR count). The lowest BCUT2D eigenvalue weighted by atomic mass is 10.1. The first-order chi connectivity index (χ1) is 11.7. The molecule has 6 nitrogen and oxygen atoms in total. The molecule has 1 aliphatic heterocycles. The van der Waals surface area contributed by atoms with E-state index in [2.05, 4.69) is 44.9 Å². The van der Waals surface area contributed by atoms with Gasteiger partial charge in [-0.05, 0) is 19.0 Å². The molecule has 2 aromatic rings. The second kappa shape index (κ2) is 7.59. The monoisotopic (exact) mass is 327 g/mol. The van der Waals surface area contributed by atoms with Crippen molar-refractivity contribution in [2.75, 3.05) is 20.1 Å². The zero-order valence-corrected chi connectivity index (χ0v) is 14.3. The van der Waals surface area contributed by atoms with Gasteiger partial charge in [-0.15, -0.1) is 0 Å². The van der Waals surface area contributed by atoms with Gasteiger partial charge in [0.1, 0.15) is 6.04 Å².